The van der Waals surface area contributed by atoms with Crippen LogP contribution in [0.25, 0.3) is 22.3 Å². The number of nitrogens with one attached hydrogen (secondary N) is 1. The van der Waals surface area contributed by atoms with E-state index in [4.69, 9.17) is 4.42 Å². The van der Waals surface area contributed by atoms with E-state index in [-0.39, 0.29) is 17.2 Å². The summed E-state index contributed by atoms with van der Waals surface area (Å²) >= 11 is 0. The summed E-state index contributed by atoms with van der Waals surface area (Å²) in [4.78, 5) is 38.4. The number of hydrogen-bond acceptors (Lipinski definition) is 4. The lowest BCUT2D eigenvalue weighted by atomic mass is 10.1. The lowest BCUT2D eigenvalue weighted by Gasteiger charge is -2.15. The minimum atomic E-state index is -0.161. The number of amides is 2. The highest BCUT2D eigenvalue weighted by Crippen LogP contribution is 2.25. The molecule has 160 valence electrons. The molecule has 1 aliphatic rings. The molecule has 0 spiro atoms. The Bertz CT molecular complexity index is 1190. The summed E-state index contributed by atoms with van der Waals surface area (Å²) in [6, 6.07) is 12.3. The number of nitrogens with zero attached hydrogens (tertiary/aromatic N) is 1. The van der Waals surface area contributed by atoms with Crippen molar-refractivity contribution >= 4 is 22.8 Å². The molecule has 1 fully saturated rings. The van der Waals surface area contributed by atoms with E-state index < -0.39 is 0 Å². The number of carbonyl (C=O) groups excluding carboxylic acids is 2. The number of likely N-dealkylation sites (tertiary alicyclic amines) is 1. The van der Waals surface area contributed by atoms with Gasteiger partial charge in [-0.2, -0.15) is 0 Å². The fourth-order valence-corrected chi connectivity index (χ4v) is 4.05. The second-order valence-corrected chi connectivity index (χ2v) is 8.10. The van der Waals surface area contributed by atoms with Crippen molar-refractivity contribution in [2.45, 2.75) is 33.1 Å². The van der Waals surface area contributed by atoms with Gasteiger partial charge >= 0.3 is 0 Å². The van der Waals surface area contributed by atoms with E-state index in [1.54, 1.807) is 24.3 Å². The zero-order valence-electron chi connectivity index (χ0n) is 17.9. The van der Waals surface area contributed by atoms with Crippen molar-refractivity contribution < 1.29 is 14.0 Å². The third kappa shape index (κ3) is 4.53. The van der Waals surface area contributed by atoms with Gasteiger partial charge in [-0.25, -0.2) is 0 Å². The normalized spacial score (nSPS) is 13.7. The van der Waals surface area contributed by atoms with Gasteiger partial charge < -0.3 is 14.6 Å². The molecular weight excluding hydrogens is 392 g/mol. The first-order chi connectivity index (χ1) is 14.9. The minimum Gasteiger partial charge on any atom is -0.456 e. The fourth-order valence-electron chi connectivity index (χ4n) is 4.05. The molecule has 31 heavy (non-hydrogen) atoms. The van der Waals surface area contributed by atoms with Crippen LogP contribution in [0.2, 0.25) is 0 Å². The zero-order valence-corrected chi connectivity index (χ0v) is 17.9. The van der Waals surface area contributed by atoms with Crippen molar-refractivity contribution in [2.24, 2.45) is 0 Å². The van der Waals surface area contributed by atoms with E-state index in [0.29, 0.717) is 41.8 Å². The molecule has 1 aromatic heterocycles. The van der Waals surface area contributed by atoms with Crippen LogP contribution >= 0.6 is 0 Å². The highest BCUT2D eigenvalue weighted by atomic mass is 16.3. The summed E-state index contributed by atoms with van der Waals surface area (Å²) in [5.41, 5.74) is 3.72. The standard InChI is InChI=1S/C25H26N2O4/c1-16-13-17(2)24-20(14-16)21(28)15-22(31-24)18-6-8-19(9-7-18)25(30)26-10-4-12-27-11-3-5-23(27)29/h6-9,13-15H,3-5,10-12H2,1-2H3,(H,26,30). The average Bonchev–Trinajstić information content (AvgIpc) is 3.16. The van der Waals surface area contributed by atoms with Crippen molar-refractivity contribution in [3.05, 3.63) is 69.4 Å². The van der Waals surface area contributed by atoms with Gasteiger partial charge in [-0.15, -0.1) is 0 Å². The summed E-state index contributed by atoms with van der Waals surface area (Å²) in [6.07, 6.45) is 2.29. The molecule has 1 saturated heterocycles. The Morgan fingerprint density at radius 3 is 2.58 bits per heavy atom. The molecule has 2 amide bonds. The highest BCUT2D eigenvalue weighted by molar-refractivity contribution is 5.94. The number of fused-ring (bicyclic) bond motifs is 1. The molecule has 0 atom stereocenters. The predicted molar refractivity (Wildman–Crippen MR) is 120 cm³/mol. The molecule has 4 rings (SSSR count). The Balaban J connectivity index is 1.42. The van der Waals surface area contributed by atoms with Gasteiger partial charge in [-0.05, 0) is 56.0 Å². The quantitative estimate of drug-likeness (QED) is 0.617. The zero-order chi connectivity index (χ0) is 22.0. The number of carbonyl (C=O) groups is 2. The van der Waals surface area contributed by atoms with E-state index >= 15 is 0 Å². The van der Waals surface area contributed by atoms with E-state index in [0.717, 1.165) is 36.1 Å². The number of hydrogen-bond donors (Lipinski definition) is 1. The summed E-state index contributed by atoms with van der Waals surface area (Å²) < 4.78 is 6.02. The summed E-state index contributed by atoms with van der Waals surface area (Å²) in [6.45, 7) is 5.89. The molecule has 6 heteroatoms. The van der Waals surface area contributed by atoms with E-state index in [2.05, 4.69) is 5.32 Å². The summed E-state index contributed by atoms with van der Waals surface area (Å²) in [5, 5.41) is 3.47. The van der Waals surface area contributed by atoms with Crippen LogP contribution in [-0.4, -0.2) is 36.3 Å². The van der Waals surface area contributed by atoms with Crippen LogP contribution in [-0.2, 0) is 4.79 Å². The first-order valence-corrected chi connectivity index (χ1v) is 10.6. The fraction of sp³-hybridized carbons (Fsp3) is 0.320. The van der Waals surface area contributed by atoms with E-state index in [9.17, 15) is 14.4 Å². The van der Waals surface area contributed by atoms with Crippen LogP contribution in [0.1, 0.15) is 40.7 Å². The maximum absolute atomic E-state index is 12.6. The van der Waals surface area contributed by atoms with Crippen molar-refractivity contribution in [3.8, 4) is 11.3 Å². The molecule has 1 aliphatic heterocycles. The molecule has 1 N–H and O–H groups in total. The summed E-state index contributed by atoms with van der Waals surface area (Å²) in [5.74, 6) is 0.518. The number of rotatable bonds is 6. The molecule has 6 nitrogen and oxygen atoms in total. The largest absolute Gasteiger partial charge is 0.456 e. The Hall–Kier alpha value is -3.41. The molecule has 0 radical (unpaired) electrons. The second-order valence-electron chi connectivity index (χ2n) is 8.10. The van der Waals surface area contributed by atoms with Gasteiger partial charge in [0.15, 0.2) is 5.43 Å². The Morgan fingerprint density at radius 1 is 1.10 bits per heavy atom. The molecule has 0 unspecified atom stereocenters. The Labute approximate surface area is 180 Å². The molecule has 3 aromatic rings. The van der Waals surface area contributed by atoms with Gasteiger partial charge in [0.05, 0.1) is 5.39 Å². The van der Waals surface area contributed by atoms with Crippen LogP contribution in [0, 0.1) is 13.8 Å². The monoisotopic (exact) mass is 418 g/mol. The average molecular weight is 418 g/mol. The molecule has 0 aliphatic carbocycles. The van der Waals surface area contributed by atoms with Gasteiger partial charge in [-0.3, -0.25) is 14.4 Å². The van der Waals surface area contributed by atoms with E-state index in [1.807, 2.05) is 30.9 Å². The third-order valence-corrected chi connectivity index (χ3v) is 5.65. The lowest BCUT2D eigenvalue weighted by Crippen LogP contribution is -2.30. The molecule has 2 aromatic carbocycles. The smallest absolute Gasteiger partial charge is 0.251 e. The minimum absolute atomic E-state index is 0.0821. The SMILES string of the molecule is Cc1cc(C)c2oc(-c3ccc(C(=O)NCCCN4CCCC4=O)cc3)cc(=O)c2c1. The van der Waals surface area contributed by atoms with Crippen molar-refractivity contribution in [3.63, 3.8) is 0 Å². The van der Waals surface area contributed by atoms with Crippen LogP contribution < -0.4 is 10.7 Å². The lowest BCUT2D eigenvalue weighted by molar-refractivity contribution is -0.127. The number of benzene rings is 2. The predicted octanol–water partition coefficient (Wildman–Crippen LogP) is 3.82. The van der Waals surface area contributed by atoms with Crippen molar-refractivity contribution in [2.75, 3.05) is 19.6 Å². The van der Waals surface area contributed by atoms with Crippen LogP contribution in [0.3, 0.4) is 0 Å². The van der Waals surface area contributed by atoms with Crippen molar-refractivity contribution in [1.29, 1.82) is 0 Å². The summed E-state index contributed by atoms with van der Waals surface area (Å²) in [7, 11) is 0. The van der Waals surface area contributed by atoms with Crippen LogP contribution in [0.15, 0.2) is 51.7 Å². The van der Waals surface area contributed by atoms with Crippen molar-refractivity contribution in [1.82, 2.24) is 10.2 Å². The third-order valence-electron chi connectivity index (χ3n) is 5.65. The topological polar surface area (TPSA) is 79.6 Å². The Kier molecular flexibility index (Phi) is 5.89. The molecular formula is C25H26N2O4. The molecule has 0 saturated carbocycles. The second kappa shape index (κ2) is 8.76. The van der Waals surface area contributed by atoms with Gasteiger partial charge in [0.25, 0.3) is 5.91 Å². The Morgan fingerprint density at radius 2 is 1.87 bits per heavy atom. The first-order valence-electron chi connectivity index (χ1n) is 10.6. The first kappa shape index (κ1) is 20.8. The molecule has 2 heterocycles. The van der Waals surface area contributed by atoms with Crippen LogP contribution in [0.5, 0.6) is 0 Å². The number of aryl methyl sites for hydroxylation is 2. The maximum atomic E-state index is 12.6. The van der Waals surface area contributed by atoms with E-state index in [1.165, 1.54) is 6.07 Å². The van der Waals surface area contributed by atoms with Gasteiger partial charge in [0, 0.05) is 43.2 Å². The van der Waals surface area contributed by atoms with Gasteiger partial charge in [-0.1, -0.05) is 18.2 Å². The maximum Gasteiger partial charge on any atom is 0.251 e. The highest BCUT2D eigenvalue weighted by Gasteiger charge is 2.19. The van der Waals surface area contributed by atoms with Crippen LogP contribution in [0.4, 0.5) is 0 Å². The van der Waals surface area contributed by atoms with Gasteiger partial charge in [0.2, 0.25) is 5.91 Å². The van der Waals surface area contributed by atoms with Gasteiger partial charge in [0.1, 0.15) is 11.3 Å². The molecule has 0 bridgehead atoms.